The lowest BCUT2D eigenvalue weighted by Gasteiger charge is -2.19. The molecule has 1 amide bonds. The van der Waals surface area contributed by atoms with E-state index in [1.165, 1.54) is 0 Å². The maximum absolute atomic E-state index is 12.2. The quantitative estimate of drug-likeness (QED) is 0.581. The van der Waals surface area contributed by atoms with Crippen molar-refractivity contribution in [2.75, 3.05) is 13.1 Å². The number of carbonyl (C=O) groups is 1. The van der Waals surface area contributed by atoms with E-state index >= 15 is 0 Å². The fraction of sp³-hybridized carbons (Fsp3) is 0.214. The van der Waals surface area contributed by atoms with Crippen molar-refractivity contribution in [3.63, 3.8) is 0 Å². The van der Waals surface area contributed by atoms with Gasteiger partial charge in [-0.1, -0.05) is 40.2 Å². The van der Waals surface area contributed by atoms with E-state index < -0.39 is 0 Å². The van der Waals surface area contributed by atoms with Crippen molar-refractivity contribution < 1.29 is 4.79 Å². The summed E-state index contributed by atoms with van der Waals surface area (Å²) in [6, 6.07) is 7.60. The summed E-state index contributed by atoms with van der Waals surface area (Å²) in [7, 11) is 0. The normalized spacial score (nSPS) is 9.71. The summed E-state index contributed by atoms with van der Waals surface area (Å²) in [6.07, 6.45) is 3.44. The van der Waals surface area contributed by atoms with E-state index in [1.54, 1.807) is 17.1 Å². The molecule has 0 bridgehead atoms. The maximum Gasteiger partial charge on any atom is 0.254 e. The molecule has 0 saturated heterocycles. The van der Waals surface area contributed by atoms with Gasteiger partial charge in [0.1, 0.15) is 0 Å². The molecular weight excluding hydrogens is 278 g/mol. The Morgan fingerprint density at radius 3 is 2.47 bits per heavy atom. The van der Waals surface area contributed by atoms with E-state index in [9.17, 15) is 4.79 Å². The van der Waals surface area contributed by atoms with E-state index in [2.05, 4.69) is 29.1 Å². The molecule has 0 aliphatic carbocycles. The molecule has 0 aliphatic rings. The first kappa shape index (κ1) is 13.7. The second-order valence-corrected chi connectivity index (χ2v) is 4.18. The summed E-state index contributed by atoms with van der Waals surface area (Å²) in [4.78, 5) is 13.9. The van der Waals surface area contributed by atoms with Gasteiger partial charge < -0.3 is 4.90 Å². The van der Waals surface area contributed by atoms with Crippen LogP contribution in [0.5, 0.6) is 0 Å². The second kappa shape index (κ2) is 7.07. The number of benzene rings is 1. The molecule has 90 valence electrons. The van der Waals surface area contributed by atoms with Gasteiger partial charge in [0, 0.05) is 24.0 Å². The molecule has 0 N–H and O–H groups in total. The van der Waals surface area contributed by atoms with Crippen molar-refractivity contribution in [1.82, 2.24) is 4.90 Å². The van der Waals surface area contributed by atoms with Gasteiger partial charge in [-0.15, -0.1) is 13.2 Å². The van der Waals surface area contributed by atoms with Gasteiger partial charge in [-0.3, -0.25) is 4.79 Å². The summed E-state index contributed by atoms with van der Waals surface area (Å²) in [6.45, 7) is 8.38. The zero-order valence-electron chi connectivity index (χ0n) is 9.73. The first-order chi connectivity index (χ1) is 8.22. The third-order valence-corrected chi connectivity index (χ3v) is 2.96. The lowest BCUT2D eigenvalue weighted by atomic mass is 10.1. The van der Waals surface area contributed by atoms with Gasteiger partial charge in [0.25, 0.3) is 5.91 Å². The summed E-state index contributed by atoms with van der Waals surface area (Å²) in [5, 5.41) is 0.747. The van der Waals surface area contributed by atoms with Crippen LogP contribution in [0.3, 0.4) is 0 Å². The van der Waals surface area contributed by atoms with Crippen LogP contribution in [0.4, 0.5) is 0 Å². The van der Waals surface area contributed by atoms with Crippen LogP contribution in [-0.4, -0.2) is 23.9 Å². The minimum absolute atomic E-state index is 0.00704. The second-order valence-electron chi connectivity index (χ2n) is 3.62. The van der Waals surface area contributed by atoms with Crippen LogP contribution in [-0.2, 0) is 5.33 Å². The maximum atomic E-state index is 12.2. The third kappa shape index (κ3) is 3.86. The molecule has 1 aromatic rings. The molecule has 0 aromatic heterocycles. The molecule has 3 heteroatoms. The zero-order valence-corrected chi connectivity index (χ0v) is 11.3. The van der Waals surface area contributed by atoms with Crippen LogP contribution >= 0.6 is 15.9 Å². The fourth-order valence-corrected chi connectivity index (χ4v) is 1.87. The predicted molar refractivity (Wildman–Crippen MR) is 75.4 cm³/mol. The summed E-state index contributed by atoms with van der Waals surface area (Å²) < 4.78 is 0. The Balaban J connectivity index is 2.91. The van der Waals surface area contributed by atoms with Crippen molar-refractivity contribution in [2.45, 2.75) is 5.33 Å². The Hall–Kier alpha value is -1.35. The third-order valence-electron chi connectivity index (χ3n) is 2.31. The Morgan fingerprint density at radius 2 is 1.94 bits per heavy atom. The van der Waals surface area contributed by atoms with Gasteiger partial charge in [-0.2, -0.15) is 0 Å². The number of hydrogen-bond acceptors (Lipinski definition) is 1. The number of halogens is 1. The minimum Gasteiger partial charge on any atom is -0.331 e. The van der Waals surface area contributed by atoms with E-state index in [4.69, 9.17) is 0 Å². The van der Waals surface area contributed by atoms with Crippen LogP contribution in [0.15, 0.2) is 49.6 Å². The Bertz CT molecular complexity index is 404. The zero-order chi connectivity index (χ0) is 12.7. The fourth-order valence-electron chi connectivity index (χ4n) is 1.52. The molecule has 0 atom stereocenters. The molecule has 0 spiro atoms. The van der Waals surface area contributed by atoms with Gasteiger partial charge in [-0.05, 0) is 17.7 Å². The Kier molecular flexibility index (Phi) is 5.70. The highest BCUT2D eigenvalue weighted by molar-refractivity contribution is 9.08. The summed E-state index contributed by atoms with van der Waals surface area (Å²) in [5.41, 5.74) is 1.79. The first-order valence-corrected chi connectivity index (χ1v) is 6.51. The van der Waals surface area contributed by atoms with Crippen LogP contribution < -0.4 is 0 Å². The van der Waals surface area contributed by atoms with Crippen molar-refractivity contribution >= 4 is 21.8 Å². The molecule has 0 fully saturated rings. The van der Waals surface area contributed by atoms with Gasteiger partial charge in [0.05, 0.1) is 0 Å². The SMILES string of the molecule is C=CCN(CC=C)C(=O)c1cccc(CBr)c1. The van der Waals surface area contributed by atoms with Crippen LogP contribution in [0.1, 0.15) is 15.9 Å². The molecular formula is C14H16BrNO. The number of carbonyl (C=O) groups excluding carboxylic acids is 1. The predicted octanol–water partition coefficient (Wildman–Crippen LogP) is 3.40. The molecule has 1 rings (SSSR count). The summed E-state index contributed by atoms with van der Waals surface area (Å²) >= 11 is 3.38. The van der Waals surface area contributed by atoms with E-state index in [0.29, 0.717) is 18.7 Å². The van der Waals surface area contributed by atoms with Crippen molar-refractivity contribution in [2.24, 2.45) is 0 Å². The molecule has 0 saturated carbocycles. The van der Waals surface area contributed by atoms with Crippen LogP contribution in [0, 0.1) is 0 Å². The number of nitrogens with zero attached hydrogens (tertiary/aromatic N) is 1. The van der Waals surface area contributed by atoms with E-state index in [-0.39, 0.29) is 5.91 Å². The highest BCUT2D eigenvalue weighted by atomic mass is 79.9. The van der Waals surface area contributed by atoms with Crippen molar-refractivity contribution in [3.8, 4) is 0 Å². The largest absolute Gasteiger partial charge is 0.331 e. The number of alkyl halides is 1. The minimum atomic E-state index is 0.00704. The monoisotopic (exact) mass is 293 g/mol. The number of hydrogen-bond donors (Lipinski definition) is 0. The lowest BCUT2D eigenvalue weighted by molar-refractivity contribution is 0.0791. The average Bonchev–Trinajstić information content (AvgIpc) is 2.38. The molecule has 0 aliphatic heterocycles. The van der Waals surface area contributed by atoms with E-state index in [1.807, 2.05) is 24.3 Å². The van der Waals surface area contributed by atoms with E-state index in [0.717, 1.165) is 10.9 Å². The standard InChI is InChI=1S/C14H16BrNO/c1-3-8-16(9-4-2)14(17)13-7-5-6-12(10-13)11-15/h3-7,10H,1-2,8-9,11H2. The van der Waals surface area contributed by atoms with Crippen molar-refractivity contribution in [1.29, 1.82) is 0 Å². The topological polar surface area (TPSA) is 20.3 Å². The molecule has 0 unspecified atom stereocenters. The first-order valence-electron chi connectivity index (χ1n) is 5.39. The molecule has 1 aromatic carbocycles. The number of amides is 1. The number of rotatable bonds is 6. The van der Waals surface area contributed by atoms with Gasteiger partial charge in [0.15, 0.2) is 0 Å². The average molecular weight is 294 g/mol. The lowest BCUT2D eigenvalue weighted by Crippen LogP contribution is -2.31. The smallest absolute Gasteiger partial charge is 0.254 e. The Morgan fingerprint density at radius 1 is 1.29 bits per heavy atom. The molecule has 0 radical (unpaired) electrons. The van der Waals surface area contributed by atoms with Crippen LogP contribution in [0.25, 0.3) is 0 Å². The molecule has 17 heavy (non-hydrogen) atoms. The van der Waals surface area contributed by atoms with Crippen molar-refractivity contribution in [3.05, 3.63) is 60.7 Å². The molecule has 0 heterocycles. The highest BCUT2D eigenvalue weighted by Crippen LogP contribution is 2.11. The van der Waals surface area contributed by atoms with Gasteiger partial charge >= 0.3 is 0 Å². The van der Waals surface area contributed by atoms with Crippen LogP contribution in [0.2, 0.25) is 0 Å². The Labute approximate surface area is 111 Å². The van der Waals surface area contributed by atoms with Gasteiger partial charge in [-0.25, -0.2) is 0 Å². The molecule has 2 nitrogen and oxygen atoms in total. The van der Waals surface area contributed by atoms with Gasteiger partial charge in [0.2, 0.25) is 0 Å². The highest BCUT2D eigenvalue weighted by Gasteiger charge is 2.13. The summed E-state index contributed by atoms with van der Waals surface area (Å²) in [5.74, 6) is 0.00704.